The predicted octanol–water partition coefficient (Wildman–Crippen LogP) is 3.93. The minimum absolute atomic E-state index is 0.0748. The SMILES string of the molecule is CCN(CC)c1ccc(/C=N/NC(=O)c2ccccc2O)c(OCC(=O)Nc2cccc([N+](=O)[O-])c2)c1. The van der Waals surface area contributed by atoms with Crippen molar-refractivity contribution >= 4 is 35.1 Å². The highest BCUT2D eigenvalue weighted by atomic mass is 16.6. The number of hydrogen-bond acceptors (Lipinski definition) is 8. The van der Waals surface area contributed by atoms with Gasteiger partial charge in [-0.3, -0.25) is 19.7 Å². The molecule has 0 aliphatic heterocycles. The zero-order valence-electron chi connectivity index (χ0n) is 20.4. The Morgan fingerprint density at radius 1 is 1.08 bits per heavy atom. The lowest BCUT2D eigenvalue weighted by Gasteiger charge is -2.22. The number of phenolic OH excluding ortho intramolecular Hbond substituents is 1. The number of benzene rings is 3. The van der Waals surface area contributed by atoms with E-state index >= 15 is 0 Å². The maximum absolute atomic E-state index is 12.5. The van der Waals surface area contributed by atoms with Gasteiger partial charge in [0, 0.05) is 48.2 Å². The largest absolute Gasteiger partial charge is 0.507 e. The Morgan fingerprint density at radius 2 is 1.84 bits per heavy atom. The average Bonchev–Trinajstić information content (AvgIpc) is 2.89. The van der Waals surface area contributed by atoms with Crippen molar-refractivity contribution in [2.45, 2.75) is 13.8 Å². The van der Waals surface area contributed by atoms with E-state index in [2.05, 4.69) is 20.7 Å². The van der Waals surface area contributed by atoms with Gasteiger partial charge in [-0.2, -0.15) is 5.10 Å². The summed E-state index contributed by atoms with van der Waals surface area (Å²) in [4.78, 5) is 37.3. The molecule has 0 spiro atoms. The van der Waals surface area contributed by atoms with E-state index in [1.807, 2.05) is 19.9 Å². The van der Waals surface area contributed by atoms with Crippen molar-refractivity contribution in [2.75, 3.05) is 29.9 Å². The molecule has 192 valence electrons. The Morgan fingerprint density at radius 3 is 2.54 bits per heavy atom. The number of carbonyl (C=O) groups is 2. The van der Waals surface area contributed by atoms with E-state index in [-0.39, 0.29) is 29.3 Å². The standard InChI is InChI=1S/C26H27N5O6/c1-3-30(4-2)20-13-12-18(16-27-29-26(34)22-10-5-6-11-23(22)32)24(15-20)37-17-25(33)28-19-8-7-9-21(14-19)31(35)36/h5-16,32H,3-4,17H2,1-2H3,(H,28,33)(H,29,34)/b27-16+. The molecule has 11 heteroatoms. The van der Waals surface area contributed by atoms with Gasteiger partial charge in [-0.15, -0.1) is 0 Å². The molecular formula is C26H27N5O6. The van der Waals surface area contributed by atoms with E-state index < -0.39 is 16.7 Å². The molecular weight excluding hydrogens is 478 g/mol. The third-order valence-electron chi connectivity index (χ3n) is 5.34. The average molecular weight is 506 g/mol. The number of hydrazone groups is 1. The molecule has 0 radical (unpaired) electrons. The summed E-state index contributed by atoms with van der Waals surface area (Å²) in [6.07, 6.45) is 1.37. The lowest BCUT2D eigenvalue weighted by molar-refractivity contribution is -0.384. The molecule has 0 fully saturated rings. The number of amides is 2. The second kappa shape index (κ2) is 12.7. The molecule has 0 unspecified atom stereocenters. The fraction of sp³-hybridized carbons (Fsp3) is 0.192. The molecule has 0 saturated heterocycles. The number of nitrogens with one attached hydrogen (secondary N) is 2. The Bertz CT molecular complexity index is 1310. The number of aromatic hydroxyl groups is 1. The predicted molar refractivity (Wildman–Crippen MR) is 140 cm³/mol. The molecule has 0 aromatic heterocycles. The number of carbonyl (C=O) groups excluding carboxylic acids is 2. The molecule has 0 heterocycles. The minimum atomic E-state index is -0.590. The summed E-state index contributed by atoms with van der Waals surface area (Å²) in [7, 11) is 0. The van der Waals surface area contributed by atoms with Gasteiger partial charge in [0.25, 0.3) is 17.5 Å². The van der Waals surface area contributed by atoms with Gasteiger partial charge in [-0.1, -0.05) is 18.2 Å². The molecule has 2 amide bonds. The van der Waals surface area contributed by atoms with Crippen molar-refractivity contribution < 1.29 is 24.4 Å². The normalized spacial score (nSPS) is 10.6. The number of anilines is 2. The molecule has 0 bridgehead atoms. The molecule has 37 heavy (non-hydrogen) atoms. The fourth-order valence-corrected chi connectivity index (χ4v) is 3.46. The maximum atomic E-state index is 12.5. The van der Waals surface area contributed by atoms with Crippen LogP contribution in [0.5, 0.6) is 11.5 Å². The lowest BCUT2D eigenvalue weighted by atomic mass is 10.1. The van der Waals surface area contributed by atoms with Crippen LogP contribution < -0.4 is 20.4 Å². The summed E-state index contributed by atoms with van der Waals surface area (Å²) >= 11 is 0. The number of ether oxygens (including phenoxy) is 1. The van der Waals surface area contributed by atoms with Crippen molar-refractivity contribution in [1.82, 2.24) is 5.43 Å². The first-order valence-electron chi connectivity index (χ1n) is 11.5. The van der Waals surface area contributed by atoms with Gasteiger partial charge >= 0.3 is 0 Å². The summed E-state index contributed by atoms with van der Waals surface area (Å²) in [5.74, 6) is -0.922. The van der Waals surface area contributed by atoms with Crippen LogP contribution in [0.3, 0.4) is 0 Å². The Hall–Kier alpha value is -4.93. The molecule has 3 aromatic carbocycles. The van der Waals surface area contributed by atoms with Crippen molar-refractivity contribution in [2.24, 2.45) is 5.10 Å². The first-order chi connectivity index (χ1) is 17.8. The Labute approximate surface area is 213 Å². The maximum Gasteiger partial charge on any atom is 0.275 e. The quantitative estimate of drug-likeness (QED) is 0.203. The number of nitro groups is 1. The van der Waals surface area contributed by atoms with E-state index in [9.17, 15) is 24.8 Å². The smallest absolute Gasteiger partial charge is 0.275 e. The zero-order valence-corrected chi connectivity index (χ0v) is 20.4. The van der Waals surface area contributed by atoms with Gasteiger partial charge in [0.05, 0.1) is 16.7 Å². The van der Waals surface area contributed by atoms with Gasteiger partial charge in [0.1, 0.15) is 11.5 Å². The van der Waals surface area contributed by atoms with E-state index in [1.165, 1.54) is 42.6 Å². The van der Waals surface area contributed by atoms with Gasteiger partial charge in [-0.05, 0) is 44.2 Å². The fourth-order valence-electron chi connectivity index (χ4n) is 3.46. The van der Waals surface area contributed by atoms with Crippen molar-refractivity contribution in [3.05, 3.63) is 88.0 Å². The third-order valence-corrected chi connectivity index (χ3v) is 5.34. The van der Waals surface area contributed by atoms with Gasteiger partial charge in [0.15, 0.2) is 6.61 Å². The number of rotatable bonds is 11. The zero-order chi connectivity index (χ0) is 26.8. The topological polar surface area (TPSA) is 146 Å². The van der Waals surface area contributed by atoms with E-state index in [4.69, 9.17) is 4.74 Å². The third kappa shape index (κ3) is 7.28. The highest BCUT2D eigenvalue weighted by Crippen LogP contribution is 2.25. The monoisotopic (exact) mass is 505 g/mol. The summed E-state index contributed by atoms with van der Waals surface area (Å²) in [6.45, 7) is 5.18. The van der Waals surface area contributed by atoms with Crippen LogP contribution in [0.1, 0.15) is 29.8 Å². The molecule has 3 N–H and O–H groups in total. The summed E-state index contributed by atoms with van der Waals surface area (Å²) in [6, 6.07) is 17.1. The Kier molecular flexibility index (Phi) is 9.14. The Balaban J connectivity index is 1.75. The van der Waals surface area contributed by atoms with Crippen LogP contribution in [0.15, 0.2) is 71.8 Å². The first kappa shape index (κ1) is 26.7. The summed E-state index contributed by atoms with van der Waals surface area (Å²) in [5, 5.41) is 27.3. The van der Waals surface area contributed by atoms with E-state index in [0.717, 1.165) is 18.8 Å². The van der Waals surface area contributed by atoms with Crippen LogP contribution in [0.4, 0.5) is 17.1 Å². The number of non-ortho nitro benzene ring substituents is 1. The second-order valence-electron chi connectivity index (χ2n) is 7.75. The van der Waals surface area contributed by atoms with Crippen LogP contribution in [-0.4, -0.2) is 47.8 Å². The molecule has 3 aromatic rings. The molecule has 0 aliphatic rings. The van der Waals surface area contributed by atoms with Crippen LogP contribution in [0.25, 0.3) is 0 Å². The number of hydrogen-bond donors (Lipinski definition) is 3. The molecule has 0 atom stereocenters. The lowest BCUT2D eigenvalue weighted by Crippen LogP contribution is -2.23. The van der Waals surface area contributed by atoms with Crippen molar-refractivity contribution in [1.29, 1.82) is 0 Å². The second-order valence-corrected chi connectivity index (χ2v) is 7.75. The van der Waals surface area contributed by atoms with Gasteiger partial charge in [-0.25, -0.2) is 5.43 Å². The van der Waals surface area contributed by atoms with Crippen LogP contribution in [0.2, 0.25) is 0 Å². The van der Waals surface area contributed by atoms with Crippen LogP contribution in [0, 0.1) is 10.1 Å². The number of nitro benzene ring substituents is 1. The van der Waals surface area contributed by atoms with E-state index in [0.29, 0.717) is 11.3 Å². The van der Waals surface area contributed by atoms with Crippen LogP contribution in [-0.2, 0) is 4.79 Å². The molecule has 11 nitrogen and oxygen atoms in total. The first-order valence-corrected chi connectivity index (χ1v) is 11.5. The van der Waals surface area contributed by atoms with Crippen molar-refractivity contribution in [3.8, 4) is 11.5 Å². The minimum Gasteiger partial charge on any atom is -0.507 e. The molecule has 3 rings (SSSR count). The highest BCUT2D eigenvalue weighted by Gasteiger charge is 2.13. The number of phenols is 1. The summed E-state index contributed by atoms with van der Waals surface area (Å²) < 4.78 is 5.77. The highest BCUT2D eigenvalue weighted by molar-refractivity contribution is 5.97. The molecule has 0 saturated carbocycles. The number of nitrogens with zero attached hydrogens (tertiary/aromatic N) is 3. The van der Waals surface area contributed by atoms with Crippen LogP contribution >= 0.6 is 0 Å². The number of para-hydroxylation sites is 1. The summed E-state index contributed by atoms with van der Waals surface area (Å²) in [5.41, 5.74) is 3.93. The van der Waals surface area contributed by atoms with E-state index in [1.54, 1.807) is 24.3 Å². The van der Waals surface area contributed by atoms with Gasteiger partial charge in [0.2, 0.25) is 0 Å². The van der Waals surface area contributed by atoms with Crippen molar-refractivity contribution in [3.63, 3.8) is 0 Å². The molecule has 0 aliphatic carbocycles. The van der Waals surface area contributed by atoms with Gasteiger partial charge < -0.3 is 20.1 Å².